The van der Waals surface area contributed by atoms with E-state index in [2.05, 4.69) is 62.4 Å². The van der Waals surface area contributed by atoms with Gasteiger partial charge in [-0.15, -0.1) is 0 Å². The van der Waals surface area contributed by atoms with Crippen molar-refractivity contribution >= 4 is 28.6 Å². The molecule has 0 atom stereocenters. The van der Waals surface area contributed by atoms with Gasteiger partial charge >= 0.3 is 0 Å². The molecule has 0 unspecified atom stereocenters. The molecule has 2 N–H and O–H groups in total. The Morgan fingerprint density at radius 3 is 2.67 bits per heavy atom. The zero-order chi connectivity index (χ0) is 25.1. The molecule has 0 aliphatic carbocycles. The van der Waals surface area contributed by atoms with Gasteiger partial charge in [0.2, 0.25) is 5.95 Å². The minimum absolute atomic E-state index is 0.210. The summed E-state index contributed by atoms with van der Waals surface area (Å²) in [6, 6.07) is 14.0. The van der Waals surface area contributed by atoms with Gasteiger partial charge in [0, 0.05) is 28.8 Å². The number of benzene rings is 2. The Labute approximate surface area is 211 Å². The standard InChI is InChI=1S/C28H31N7O/c1-18(2)31-26-17-29-16-25(32-26)21-7-8-23-15-30-28(33-24(23)14-21)34-27(36)22-6-4-5-20(13-22)19-9-11-35(3)12-10-19/h4-8,13-19H,9-12H2,1-3H3,(H,31,32)(H,30,33,34,36). The molecule has 184 valence electrons. The number of piperidine rings is 1. The SMILES string of the molecule is CC(C)Nc1cncc(-c2ccc3cnc(NC(=O)c4cccc(C5CCN(C)CC5)c4)nc3c2)n1. The van der Waals surface area contributed by atoms with Crippen molar-refractivity contribution in [2.24, 2.45) is 0 Å². The number of amides is 1. The van der Waals surface area contributed by atoms with Crippen LogP contribution in [0.1, 0.15) is 48.5 Å². The number of carbonyl (C=O) groups is 1. The van der Waals surface area contributed by atoms with Crippen LogP contribution in [0, 0.1) is 0 Å². The maximum absolute atomic E-state index is 13.0. The molecular weight excluding hydrogens is 450 g/mol. The van der Waals surface area contributed by atoms with Crippen molar-refractivity contribution in [1.82, 2.24) is 24.8 Å². The summed E-state index contributed by atoms with van der Waals surface area (Å²) in [6.45, 7) is 6.28. The number of anilines is 2. The van der Waals surface area contributed by atoms with Crippen LogP contribution < -0.4 is 10.6 Å². The Balaban J connectivity index is 1.35. The van der Waals surface area contributed by atoms with Crippen molar-refractivity contribution in [3.05, 3.63) is 72.2 Å². The average molecular weight is 482 g/mol. The molecule has 8 nitrogen and oxygen atoms in total. The number of nitrogens with zero attached hydrogens (tertiary/aromatic N) is 5. The van der Waals surface area contributed by atoms with Crippen LogP contribution in [0.5, 0.6) is 0 Å². The Kier molecular flexibility index (Phi) is 6.86. The number of fused-ring (bicyclic) bond motifs is 1. The van der Waals surface area contributed by atoms with Gasteiger partial charge < -0.3 is 10.2 Å². The van der Waals surface area contributed by atoms with Crippen LogP contribution in [0.15, 0.2) is 61.1 Å². The summed E-state index contributed by atoms with van der Waals surface area (Å²) in [5, 5.41) is 7.03. The molecule has 0 saturated carbocycles. The molecule has 1 aliphatic heterocycles. The number of rotatable bonds is 6. The van der Waals surface area contributed by atoms with Crippen molar-refractivity contribution in [1.29, 1.82) is 0 Å². The van der Waals surface area contributed by atoms with E-state index in [1.54, 1.807) is 18.6 Å². The van der Waals surface area contributed by atoms with Gasteiger partial charge in [0.25, 0.3) is 5.91 Å². The molecule has 1 fully saturated rings. The van der Waals surface area contributed by atoms with E-state index in [9.17, 15) is 4.79 Å². The van der Waals surface area contributed by atoms with E-state index < -0.39 is 0 Å². The lowest BCUT2D eigenvalue weighted by Crippen LogP contribution is -2.29. The van der Waals surface area contributed by atoms with Gasteiger partial charge in [-0.2, -0.15) is 0 Å². The van der Waals surface area contributed by atoms with Gasteiger partial charge in [0.05, 0.1) is 23.6 Å². The molecule has 0 bridgehead atoms. The summed E-state index contributed by atoms with van der Waals surface area (Å²) >= 11 is 0. The van der Waals surface area contributed by atoms with Crippen LogP contribution in [-0.2, 0) is 0 Å². The van der Waals surface area contributed by atoms with Gasteiger partial charge in [-0.05, 0) is 76.5 Å². The zero-order valence-corrected chi connectivity index (χ0v) is 20.9. The molecule has 3 heterocycles. The summed E-state index contributed by atoms with van der Waals surface area (Å²) in [4.78, 5) is 33.3. The lowest BCUT2D eigenvalue weighted by molar-refractivity contribution is 0.102. The molecule has 4 aromatic rings. The van der Waals surface area contributed by atoms with Crippen LogP contribution in [0.2, 0.25) is 0 Å². The first-order valence-corrected chi connectivity index (χ1v) is 12.4. The highest BCUT2D eigenvalue weighted by Crippen LogP contribution is 2.28. The largest absolute Gasteiger partial charge is 0.367 e. The summed E-state index contributed by atoms with van der Waals surface area (Å²) in [6.07, 6.45) is 7.38. The van der Waals surface area contributed by atoms with Gasteiger partial charge in [-0.3, -0.25) is 15.1 Å². The summed E-state index contributed by atoms with van der Waals surface area (Å²) in [5.41, 5.74) is 4.20. The smallest absolute Gasteiger partial charge is 0.258 e. The third-order valence-electron chi connectivity index (χ3n) is 6.51. The monoisotopic (exact) mass is 481 g/mol. The van der Waals surface area contributed by atoms with Gasteiger partial charge in [-0.25, -0.2) is 15.0 Å². The molecule has 0 radical (unpaired) electrons. The highest BCUT2D eigenvalue weighted by molar-refractivity contribution is 6.03. The summed E-state index contributed by atoms with van der Waals surface area (Å²) < 4.78 is 0. The summed E-state index contributed by atoms with van der Waals surface area (Å²) in [5.74, 6) is 1.27. The molecule has 8 heteroatoms. The highest BCUT2D eigenvalue weighted by atomic mass is 16.1. The van der Waals surface area contributed by atoms with Crippen molar-refractivity contribution in [3.8, 4) is 11.3 Å². The predicted molar refractivity (Wildman–Crippen MR) is 143 cm³/mol. The maximum Gasteiger partial charge on any atom is 0.258 e. The Morgan fingerprint density at radius 1 is 1.03 bits per heavy atom. The normalized spacial score (nSPS) is 14.8. The number of hydrogen-bond acceptors (Lipinski definition) is 7. The number of aromatic nitrogens is 4. The minimum atomic E-state index is -0.210. The molecule has 1 aliphatic rings. The lowest BCUT2D eigenvalue weighted by Gasteiger charge is -2.29. The van der Waals surface area contributed by atoms with Crippen molar-refractivity contribution in [3.63, 3.8) is 0 Å². The van der Waals surface area contributed by atoms with Crippen molar-refractivity contribution in [2.45, 2.75) is 38.6 Å². The van der Waals surface area contributed by atoms with E-state index in [4.69, 9.17) is 0 Å². The van der Waals surface area contributed by atoms with Crippen molar-refractivity contribution in [2.75, 3.05) is 30.8 Å². The first kappa shape index (κ1) is 23.8. The number of hydrogen-bond donors (Lipinski definition) is 2. The minimum Gasteiger partial charge on any atom is -0.367 e. The zero-order valence-electron chi connectivity index (χ0n) is 20.9. The van der Waals surface area contributed by atoms with Gasteiger partial charge in [-0.1, -0.05) is 24.3 Å². The molecule has 0 spiro atoms. The average Bonchev–Trinajstić information content (AvgIpc) is 2.88. The molecule has 1 saturated heterocycles. The fraction of sp³-hybridized carbons (Fsp3) is 0.321. The Hall–Kier alpha value is -3.91. The molecular formula is C28H31N7O. The topological polar surface area (TPSA) is 95.9 Å². The number of nitrogens with one attached hydrogen (secondary N) is 2. The molecule has 36 heavy (non-hydrogen) atoms. The molecule has 1 amide bonds. The van der Waals surface area contributed by atoms with Crippen LogP contribution in [0.4, 0.5) is 11.8 Å². The van der Waals surface area contributed by atoms with E-state index >= 15 is 0 Å². The first-order valence-electron chi connectivity index (χ1n) is 12.4. The second kappa shape index (κ2) is 10.4. The van der Waals surface area contributed by atoms with Crippen LogP contribution in [0.25, 0.3) is 22.2 Å². The lowest BCUT2D eigenvalue weighted by atomic mass is 9.89. The third-order valence-corrected chi connectivity index (χ3v) is 6.51. The van der Waals surface area contributed by atoms with Crippen LogP contribution in [0.3, 0.4) is 0 Å². The molecule has 2 aromatic heterocycles. The van der Waals surface area contributed by atoms with E-state index in [1.165, 1.54) is 5.56 Å². The molecule has 2 aromatic carbocycles. The Bertz CT molecular complexity index is 1380. The Morgan fingerprint density at radius 2 is 1.86 bits per heavy atom. The first-order chi connectivity index (χ1) is 17.4. The molecule has 5 rings (SSSR count). The second-order valence-corrected chi connectivity index (χ2v) is 9.71. The number of likely N-dealkylation sites (tertiary alicyclic amines) is 1. The van der Waals surface area contributed by atoms with E-state index in [0.717, 1.165) is 53.9 Å². The van der Waals surface area contributed by atoms with Gasteiger partial charge in [0.15, 0.2) is 0 Å². The second-order valence-electron chi connectivity index (χ2n) is 9.71. The fourth-order valence-corrected chi connectivity index (χ4v) is 4.56. The third kappa shape index (κ3) is 5.49. The quantitative estimate of drug-likeness (QED) is 0.401. The van der Waals surface area contributed by atoms with E-state index in [0.29, 0.717) is 11.5 Å². The maximum atomic E-state index is 13.0. The van der Waals surface area contributed by atoms with Gasteiger partial charge in [0.1, 0.15) is 5.82 Å². The van der Waals surface area contributed by atoms with E-state index in [-0.39, 0.29) is 17.9 Å². The fourth-order valence-electron chi connectivity index (χ4n) is 4.56. The van der Waals surface area contributed by atoms with Crippen molar-refractivity contribution < 1.29 is 4.79 Å². The van der Waals surface area contributed by atoms with E-state index in [1.807, 2.05) is 36.4 Å². The predicted octanol–water partition coefficient (Wildman–Crippen LogP) is 4.97. The summed E-state index contributed by atoms with van der Waals surface area (Å²) in [7, 11) is 2.15. The van der Waals surface area contributed by atoms with Crippen LogP contribution >= 0.6 is 0 Å². The van der Waals surface area contributed by atoms with Crippen LogP contribution in [-0.4, -0.2) is 56.9 Å². The highest BCUT2D eigenvalue weighted by Gasteiger charge is 2.19. The number of carbonyl (C=O) groups excluding carboxylic acids is 1.